The monoisotopic (exact) mass is 462 g/mol. The van der Waals surface area contributed by atoms with Gasteiger partial charge in [0.25, 0.3) is 0 Å². The Balaban J connectivity index is 1.70. The molecule has 0 saturated heterocycles. The number of carbonyl (C=O) groups is 3. The number of carbonyl (C=O) groups excluding carboxylic acids is 3. The van der Waals surface area contributed by atoms with Crippen molar-refractivity contribution in [2.24, 2.45) is 11.7 Å². The molecule has 4 rings (SSSR count). The molecule has 0 aromatic heterocycles. The lowest BCUT2D eigenvalue weighted by Crippen LogP contribution is -2.40. The van der Waals surface area contributed by atoms with E-state index < -0.39 is 17.9 Å². The van der Waals surface area contributed by atoms with E-state index in [1.165, 1.54) is 4.90 Å². The maximum atomic E-state index is 12.9. The van der Waals surface area contributed by atoms with Gasteiger partial charge in [-0.25, -0.2) is 4.79 Å². The summed E-state index contributed by atoms with van der Waals surface area (Å²) >= 11 is 0. The van der Waals surface area contributed by atoms with E-state index in [-0.39, 0.29) is 24.9 Å². The molecule has 1 atom stereocenters. The van der Waals surface area contributed by atoms with Gasteiger partial charge in [-0.1, -0.05) is 12.1 Å². The van der Waals surface area contributed by atoms with Gasteiger partial charge in [-0.3, -0.25) is 14.9 Å². The number of fused-ring (bicyclic) bond motifs is 1. The molecule has 176 valence electrons. The van der Waals surface area contributed by atoms with Gasteiger partial charge < -0.3 is 20.1 Å². The highest BCUT2D eigenvalue weighted by Crippen LogP contribution is 2.43. The van der Waals surface area contributed by atoms with Crippen LogP contribution in [0.5, 0.6) is 11.5 Å². The smallest absolute Gasteiger partial charge is 0.411 e. The number of hydrogen-bond donors (Lipinski definition) is 2. The molecule has 1 unspecified atom stereocenters. The SMILES string of the molecule is CN1C(=O)C(CC(N)=O)Cc2cc(NC(=O)OC3CCCC3)cc(Oc3ccccc3C#N)c21. The van der Waals surface area contributed by atoms with Gasteiger partial charge in [0, 0.05) is 25.2 Å². The maximum Gasteiger partial charge on any atom is 0.411 e. The molecule has 9 heteroatoms. The fraction of sp³-hybridized carbons (Fsp3) is 0.360. The van der Waals surface area contributed by atoms with Crippen LogP contribution in [0.4, 0.5) is 16.2 Å². The van der Waals surface area contributed by atoms with E-state index in [4.69, 9.17) is 15.2 Å². The summed E-state index contributed by atoms with van der Waals surface area (Å²) in [6.07, 6.45) is 3.27. The molecule has 0 radical (unpaired) electrons. The molecule has 1 aliphatic carbocycles. The van der Waals surface area contributed by atoms with E-state index in [9.17, 15) is 19.6 Å². The van der Waals surface area contributed by atoms with Crippen molar-refractivity contribution in [1.29, 1.82) is 5.26 Å². The Labute approximate surface area is 197 Å². The van der Waals surface area contributed by atoms with E-state index in [0.29, 0.717) is 34.0 Å². The van der Waals surface area contributed by atoms with Gasteiger partial charge in [-0.2, -0.15) is 5.26 Å². The van der Waals surface area contributed by atoms with Crippen LogP contribution in [0.25, 0.3) is 0 Å². The minimum Gasteiger partial charge on any atom is -0.454 e. The van der Waals surface area contributed by atoms with Gasteiger partial charge in [-0.15, -0.1) is 0 Å². The first-order chi connectivity index (χ1) is 16.4. The zero-order valence-corrected chi connectivity index (χ0v) is 18.9. The van der Waals surface area contributed by atoms with Crippen molar-refractivity contribution in [3.8, 4) is 17.6 Å². The number of nitrogens with one attached hydrogen (secondary N) is 1. The van der Waals surface area contributed by atoms with Crippen LogP contribution in [0.2, 0.25) is 0 Å². The van der Waals surface area contributed by atoms with E-state index in [2.05, 4.69) is 11.4 Å². The number of rotatable bonds is 6. The standard InChI is InChI=1S/C25H26N4O5/c1-29-23-16(10-17(24(29)31)12-22(27)30)11-18(28-25(32)33-19-7-3-4-8-19)13-21(23)34-20-9-5-2-6-15(20)14-26/h2,5-6,9,11,13,17,19H,3-4,7-8,10,12H2,1H3,(H2,27,30)(H,28,32). The summed E-state index contributed by atoms with van der Waals surface area (Å²) in [5, 5.41) is 12.2. The average Bonchev–Trinajstić information content (AvgIpc) is 3.30. The second kappa shape index (κ2) is 9.83. The number of benzene rings is 2. The largest absolute Gasteiger partial charge is 0.454 e. The molecule has 2 aromatic carbocycles. The Hall–Kier alpha value is -4.06. The number of nitriles is 1. The van der Waals surface area contributed by atoms with Crippen molar-refractivity contribution in [1.82, 2.24) is 0 Å². The minimum absolute atomic E-state index is 0.0859. The van der Waals surface area contributed by atoms with Gasteiger partial charge in [-0.05, 0) is 55.9 Å². The predicted octanol–water partition coefficient (Wildman–Crippen LogP) is 3.85. The molecule has 2 aromatic rings. The van der Waals surface area contributed by atoms with E-state index >= 15 is 0 Å². The van der Waals surface area contributed by atoms with Gasteiger partial charge >= 0.3 is 6.09 Å². The first kappa shape index (κ1) is 23.1. The number of para-hydroxylation sites is 1. The van der Waals surface area contributed by atoms with Gasteiger partial charge in [0.15, 0.2) is 5.75 Å². The zero-order chi connectivity index (χ0) is 24.2. The van der Waals surface area contributed by atoms with Gasteiger partial charge in [0.1, 0.15) is 17.9 Å². The van der Waals surface area contributed by atoms with Crippen LogP contribution in [-0.4, -0.2) is 31.1 Å². The van der Waals surface area contributed by atoms with Crippen LogP contribution in [-0.2, 0) is 20.7 Å². The molecule has 3 N–H and O–H groups in total. The lowest BCUT2D eigenvalue weighted by Gasteiger charge is -2.33. The summed E-state index contributed by atoms with van der Waals surface area (Å²) in [5.41, 5.74) is 7.31. The van der Waals surface area contributed by atoms with Crippen molar-refractivity contribution < 1.29 is 23.9 Å². The van der Waals surface area contributed by atoms with E-state index in [1.54, 1.807) is 43.4 Å². The highest BCUT2D eigenvalue weighted by Gasteiger charge is 2.34. The van der Waals surface area contributed by atoms with Crippen LogP contribution < -0.4 is 20.7 Å². The molecule has 1 heterocycles. The van der Waals surface area contributed by atoms with Crippen molar-refractivity contribution in [3.05, 3.63) is 47.5 Å². The summed E-state index contributed by atoms with van der Waals surface area (Å²) in [5.74, 6) is -0.826. The normalized spacial score (nSPS) is 17.6. The Morgan fingerprint density at radius 2 is 1.94 bits per heavy atom. The first-order valence-corrected chi connectivity index (χ1v) is 11.2. The zero-order valence-electron chi connectivity index (χ0n) is 18.9. The highest BCUT2D eigenvalue weighted by molar-refractivity contribution is 6.01. The summed E-state index contributed by atoms with van der Waals surface area (Å²) < 4.78 is 11.6. The quantitative estimate of drug-likeness (QED) is 0.669. The van der Waals surface area contributed by atoms with Crippen LogP contribution in [0.15, 0.2) is 36.4 Å². The van der Waals surface area contributed by atoms with Crippen LogP contribution in [0.3, 0.4) is 0 Å². The second-order valence-electron chi connectivity index (χ2n) is 8.60. The summed E-state index contributed by atoms with van der Waals surface area (Å²) in [6.45, 7) is 0. The van der Waals surface area contributed by atoms with Crippen LogP contribution in [0.1, 0.15) is 43.2 Å². The topological polar surface area (TPSA) is 135 Å². The Morgan fingerprint density at radius 1 is 1.21 bits per heavy atom. The van der Waals surface area contributed by atoms with Crippen molar-refractivity contribution in [2.45, 2.75) is 44.6 Å². The highest BCUT2D eigenvalue weighted by atomic mass is 16.6. The average molecular weight is 463 g/mol. The van der Waals surface area contributed by atoms with Crippen molar-refractivity contribution >= 4 is 29.3 Å². The van der Waals surface area contributed by atoms with Crippen LogP contribution >= 0.6 is 0 Å². The maximum absolute atomic E-state index is 12.9. The lowest BCUT2D eigenvalue weighted by molar-refractivity contribution is -0.127. The molecule has 1 fully saturated rings. The number of primary amides is 1. The first-order valence-electron chi connectivity index (χ1n) is 11.2. The van der Waals surface area contributed by atoms with Crippen molar-refractivity contribution in [2.75, 3.05) is 17.3 Å². The fourth-order valence-corrected chi connectivity index (χ4v) is 4.56. The Kier molecular flexibility index (Phi) is 6.68. The molecular weight excluding hydrogens is 436 g/mol. The fourth-order valence-electron chi connectivity index (χ4n) is 4.56. The minimum atomic E-state index is -0.616. The van der Waals surface area contributed by atoms with E-state index in [0.717, 1.165) is 25.7 Å². The van der Waals surface area contributed by atoms with Gasteiger partial charge in [0.2, 0.25) is 11.8 Å². The Morgan fingerprint density at radius 3 is 2.65 bits per heavy atom. The summed E-state index contributed by atoms with van der Waals surface area (Å²) in [4.78, 5) is 38.4. The lowest BCUT2D eigenvalue weighted by atomic mass is 9.88. The molecule has 0 bridgehead atoms. The third-order valence-corrected chi connectivity index (χ3v) is 6.13. The predicted molar refractivity (Wildman–Crippen MR) is 124 cm³/mol. The van der Waals surface area contributed by atoms with E-state index in [1.807, 2.05) is 0 Å². The molecular formula is C25H26N4O5. The molecule has 3 amide bonds. The second-order valence-corrected chi connectivity index (χ2v) is 8.60. The third kappa shape index (κ3) is 4.96. The molecule has 1 aliphatic heterocycles. The summed E-state index contributed by atoms with van der Waals surface area (Å²) in [7, 11) is 1.60. The third-order valence-electron chi connectivity index (χ3n) is 6.13. The number of anilines is 2. The number of nitrogens with zero attached hydrogens (tertiary/aromatic N) is 2. The Bertz CT molecular complexity index is 1170. The molecule has 0 spiro atoms. The van der Waals surface area contributed by atoms with Crippen LogP contribution in [0, 0.1) is 17.2 Å². The summed E-state index contributed by atoms with van der Waals surface area (Å²) in [6, 6.07) is 12.2. The molecule has 2 aliphatic rings. The van der Waals surface area contributed by atoms with Crippen molar-refractivity contribution in [3.63, 3.8) is 0 Å². The number of hydrogen-bond acceptors (Lipinski definition) is 6. The molecule has 34 heavy (non-hydrogen) atoms. The number of nitrogens with two attached hydrogens (primary N) is 1. The van der Waals surface area contributed by atoms with Gasteiger partial charge in [0.05, 0.1) is 17.2 Å². The molecule has 1 saturated carbocycles. The molecule has 9 nitrogen and oxygen atoms in total. The number of amides is 3. The number of ether oxygens (including phenoxy) is 2.